The number of esters is 1. The number of carbonyl (C=O) groups is 2. The van der Waals surface area contributed by atoms with E-state index in [-0.39, 0.29) is 5.91 Å². The molecule has 3 rings (SSSR count). The van der Waals surface area contributed by atoms with Crippen molar-refractivity contribution in [1.82, 2.24) is 14.3 Å². The average Bonchev–Trinajstić information content (AvgIpc) is 3.34. The molecule has 0 aliphatic carbocycles. The first-order valence-corrected chi connectivity index (χ1v) is 10.3. The predicted molar refractivity (Wildman–Crippen MR) is 114 cm³/mol. The van der Waals surface area contributed by atoms with E-state index in [0.717, 1.165) is 17.1 Å². The summed E-state index contributed by atoms with van der Waals surface area (Å²) in [5.41, 5.74) is 4.48. The molecule has 3 aromatic heterocycles. The number of thiophene rings is 1. The quantitative estimate of drug-likeness (QED) is 0.623. The van der Waals surface area contributed by atoms with Gasteiger partial charge in [-0.3, -0.25) is 9.48 Å². The van der Waals surface area contributed by atoms with Crippen molar-refractivity contribution in [1.29, 1.82) is 0 Å². The number of carbonyl (C=O) groups excluding carboxylic acids is 2. The number of anilines is 1. The van der Waals surface area contributed by atoms with E-state index < -0.39 is 12.1 Å². The van der Waals surface area contributed by atoms with Crippen LogP contribution in [0, 0.1) is 27.7 Å². The van der Waals surface area contributed by atoms with Crippen molar-refractivity contribution in [3.05, 3.63) is 56.8 Å². The molecule has 3 heterocycles. The Morgan fingerprint density at radius 1 is 1.24 bits per heavy atom. The molecule has 0 aliphatic rings. The van der Waals surface area contributed by atoms with Crippen LogP contribution in [0.1, 0.15) is 44.9 Å². The van der Waals surface area contributed by atoms with E-state index in [9.17, 15) is 9.59 Å². The van der Waals surface area contributed by atoms with Crippen LogP contribution in [0.25, 0.3) is 0 Å². The summed E-state index contributed by atoms with van der Waals surface area (Å²) in [5, 5.41) is 9.12. The Hall–Kier alpha value is -2.87. The highest BCUT2D eigenvalue weighted by atomic mass is 32.1. The standard InChI is InChI=1S/C21H26N4O3S/c1-12-10-18(14(3)25(12)11-17-8-7-9-29-17)21(27)28-16(5)20(26)22-19-13(2)23-24(6)15(19)4/h7-10,16H,11H2,1-6H3,(H,22,26)/t16-/m0/s1. The molecule has 3 aromatic rings. The molecule has 0 radical (unpaired) electrons. The predicted octanol–water partition coefficient (Wildman–Crippen LogP) is 3.75. The number of aryl methyl sites for hydroxylation is 3. The largest absolute Gasteiger partial charge is 0.449 e. The monoisotopic (exact) mass is 414 g/mol. The van der Waals surface area contributed by atoms with Gasteiger partial charge in [-0.25, -0.2) is 4.79 Å². The summed E-state index contributed by atoms with van der Waals surface area (Å²) in [7, 11) is 1.81. The van der Waals surface area contributed by atoms with Gasteiger partial charge in [0.1, 0.15) is 0 Å². The van der Waals surface area contributed by atoms with Crippen molar-refractivity contribution in [2.75, 3.05) is 5.32 Å². The summed E-state index contributed by atoms with van der Waals surface area (Å²) >= 11 is 1.68. The van der Waals surface area contributed by atoms with Gasteiger partial charge in [0, 0.05) is 23.3 Å². The van der Waals surface area contributed by atoms with Gasteiger partial charge in [-0.15, -0.1) is 11.3 Å². The fourth-order valence-corrected chi connectivity index (χ4v) is 3.96. The van der Waals surface area contributed by atoms with Crippen LogP contribution < -0.4 is 5.32 Å². The summed E-state index contributed by atoms with van der Waals surface area (Å²) in [6, 6.07) is 5.89. The molecule has 0 spiro atoms. The SMILES string of the molecule is Cc1nn(C)c(C)c1NC(=O)[C@H](C)OC(=O)c1cc(C)n(Cc2cccs2)c1C. The molecule has 0 aliphatic heterocycles. The van der Waals surface area contributed by atoms with E-state index in [2.05, 4.69) is 21.0 Å². The summed E-state index contributed by atoms with van der Waals surface area (Å²) in [6.45, 7) is 9.82. The summed E-state index contributed by atoms with van der Waals surface area (Å²) in [6.07, 6.45) is -0.929. The van der Waals surface area contributed by atoms with Crippen LogP contribution in [0.5, 0.6) is 0 Å². The maximum absolute atomic E-state index is 12.7. The highest BCUT2D eigenvalue weighted by Crippen LogP contribution is 2.21. The fourth-order valence-electron chi connectivity index (χ4n) is 3.27. The lowest BCUT2D eigenvalue weighted by Crippen LogP contribution is -2.30. The van der Waals surface area contributed by atoms with Crippen LogP contribution in [-0.2, 0) is 23.1 Å². The van der Waals surface area contributed by atoms with Gasteiger partial charge in [0.25, 0.3) is 5.91 Å². The molecule has 0 fully saturated rings. The number of aromatic nitrogens is 3. The van der Waals surface area contributed by atoms with E-state index >= 15 is 0 Å². The van der Waals surface area contributed by atoms with Crippen molar-refractivity contribution in [3.8, 4) is 0 Å². The van der Waals surface area contributed by atoms with Gasteiger partial charge in [0.15, 0.2) is 6.10 Å². The maximum Gasteiger partial charge on any atom is 0.340 e. The molecule has 1 amide bonds. The number of nitrogens with one attached hydrogen (secondary N) is 1. The topological polar surface area (TPSA) is 78.2 Å². The molecule has 29 heavy (non-hydrogen) atoms. The first kappa shape index (κ1) is 20.9. The minimum Gasteiger partial charge on any atom is -0.449 e. The average molecular weight is 415 g/mol. The third-order valence-electron chi connectivity index (χ3n) is 5.10. The van der Waals surface area contributed by atoms with Gasteiger partial charge in [0.05, 0.1) is 29.2 Å². The number of amides is 1. The second kappa shape index (κ2) is 8.24. The molecule has 1 N–H and O–H groups in total. The van der Waals surface area contributed by atoms with Crippen LogP contribution in [0.15, 0.2) is 23.6 Å². The van der Waals surface area contributed by atoms with Crippen LogP contribution in [-0.4, -0.2) is 32.3 Å². The second-order valence-electron chi connectivity index (χ2n) is 7.16. The molecule has 0 unspecified atom stereocenters. The number of ether oxygens (including phenoxy) is 1. The lowest BCUT2D eigenvalue weighted by Gasteiger charge is -2.14. The van der Waals surface area contributed by atoms with E-state index in [1.54, 1.807) is 22.9 Å². The van der Waals surface area contributed by atoms with Crippen molar-refractivity contribution in [2.45, 2.75) is 47.3 Å². The number of hydrogen-bond donors (Lipinski definition) is 1. The van der Waals surface area contributed by atoms with Crippen molar-refractivity contribution in [3.63, 3.8) is 0 Å². The molecule has 7 nitrogen and oxygen atoms in total. The lowest BCUT2D eigenvalue weighted by atomic mass is 10.2. The van der Waals surface area contributed by atoms with Gasteiger partial charge in [-0.05, 0) is 52.1 Å². The molecule has 1 atom stereocenters. The zero-order chi connectivity index (χ0) is 21.3. The molecule has 8 heteroatoms. The zero-order valence-electron chi connectivity index (χ0n) is 17.6. The Morgan fingerprint density at radius 3 is 2.55 bits per heavy atom. The maximum atomic E-state index is 12.7. The van der Waals surface area contributed by atoms with E-state index in [1.807, 2.05) is 52.3 Å². The Kier molecular flexibility index (Phi) is 5.93. The molecule has 0 bridgehead atoms. The Labute approximate surface area is 174 Å². The smallest absolute Gasteiger partial charge is 0.340 e. The van der Waals surface area contributed by atoms with E-state index in [4.69, 9.17) is 4.74 Å². The minimum atomic E-state index is -0.929. The van der Waals surface area contributed by atoms with Gasteiger partial charge >= 0.3 is 5.97 Å². The Balaban J connectivity index is 1.70. The molecule has 0 saturated carbocycles. The highest BCUT2D eigenvalue weighted by molar-refractivity contribution is 7.09. The summed E-state index contributed by atoms with van der Waals surface area (Å²) in [5.74, 6) is -0.886. The third-order valence-corrected chi connectivity index (χ3v) is 5.96. The van der Waals surface area contributed by atoms with Crippen molar-refractivity contribution in [2.24, 2.45) is 7.05 Å². The minimum absolute atomic E-state index is 0.384. The van der Waals surface area contributed by atoms with Crippen molar-refractivity contribution >= 4 is 28.9 Å². The lowest BCUT2D eigenvalue weighted by molar-refractivity contribution is -0.123. The zero-order valence-corrected chi connectivity index (χ0v) is 18.4. The summed E-state index contributed by atoms with van der Waals surface area (Å²) in [4.78, 5) is 26.5. The molecule has 154 valence electrons. The van der Waals surface area contributed by atoms with Gasteiger partial charge < -0.3 is 14.6 Å². The molecule has 0 saturated heterocycles. The second-order valence-corrected chi connectivity index (χ2v) is 8.19. The number of nitrogens with zero attached hydrogens (tertiary/aromatic N) is 3. The van der Waals surface area contributed by atoms with Gasteiger partial charge in [-0.2, -0.15) is 5.10 Å². The van der Waals surface area contributed by atoms with Crippen molar-refractivity contribution < 1.29 is 14.3 Å². The molecule has 0 aromatic carbocycles. The van der Waals surface area contributed by atoms with Crippen LogP contribution in [0.4, 0.5) is 5.69 Å². The van der Waals surface area contributed by atoms with Gasteiger partial charge in [-0.1, -0.05) is 6.07 Å². The van der Waals surface area contributed by atoms with Crippen LogP contribution in [0.3, 0.4) is 0 Å². The third kappa shape index (κ3) is 4.27. The highest BCUT2D eigenvalue weighted by Gasteiger charge is 2.24. The van der Waals surface area contributed by atoms with E-state index in [0.29, 0.717) is 23.5 Å². The fraction of sp³-hybridized carbons (Fsp3) is 0.381. The van der Waals surface area contributed by atoms with Crippen LogP contribution >= 0.6 is 11.3 Å². The van der Waals surface area contributed by atoms with Gasteiger partial charge in [0.2, 0.25) is 0 Å². The summed E-state index contributed by atoms with van der Waals surface area (Å²) < 4.78 is 9.23. The van der Waals surface area contributed by atoms with E-state index in [1.165, 1.54) is 4.88 Å². The first-order chi connectivity index (χ1) is 13.7. The van der Waals surface area contributed by atoms with Crippen LogP contribution in [0.2, 0.25) is 0 Å². The Morgan fingerprint density at radius 2 is 1.97 bits per heavy atom. The Bertz CT molecular complexity index is 1050. The molecular formula is C21H26N4O3S. The number of hydrogen-bond acceptors (Lipinski definition) is 5. The number of rotatable bonds is 6. The first-order valence-electron chi connectivity index (χ1n) is 9.40. The normalized spacial score (nSPS) is 12.1. The molecular weight excluding hydrogens is 388 g/mol.